The molecule has 0 saturated heterocycles. The molecule has 0 atom stereocenters. The van der Waals surface area contributed by atoms with Gasteiger partial charge in [-0.3, -0.25) is 0 Å². The van der Waals surface area contributed by atoms with Crippen molar-refractivity contribution in [3.63, 3.8) is 0 Å². The first-order valence-corrected chi connectivity index (χ1v) is 6.90. The van der Waals surface area contributed by atoms with Gasteiger partial charge >= 0.3 is 0 Å². The second kappa shape index (κ2) is 6.87. The Kier molecular flexibility index (Phi) is 5.15. The summed E-state index contributed by atoms with van der Waals surface area (Å²) in [6.45, 7) is 0.282. The molecule has 21 heavy (non-hydrogen) atoms. The maximum Gasteiger partial charge on any atom is 0.143 e. The van der Waals surface area contributed by atoms with Crippen molar-refractivity contribution in [3.8, 4) is 11.5 Å². The topological polar surface area (TPSA) is 30.5 Å². The number of anilines is 1. The molecule has 0 saturated carbocycles. The molecule has 0 unspecified atom stereocenters. The van der Waals surface area contributed by atoms with Crippen molar-refractivity contribution < 1.29 is 13.9 Å². The van der Waals surface area contributed by atoms with Crippen LogP contribution in [0.3, 0.4) is 0 Å². The number of hydrogen-bond donors (Lipinski definition) is 1. The standard InChI is InChI=1S/C15H14Cl2FNO2/c1-20-14-7-13(15(21-2)6-11(14)17)19-8-9-3-4-10(16)5-12(9)18/h3-7,19H,8H2,1-2H3. The largest absolute Gasteiger partial charge is 0.495 e. The molecule has 1 N–H and O–H groups in total. The summed E-state index contributed by atoms with van der Waals surface area (Å²) in [5, 5.41) is 3.90. The number of hydrogen-bond acceptors (Lipinski definition) is 3. The normalized spacial score (nSPS) is 10.3. The highest BCUT2D eigenvalue weighted by Gasteiger charge is 2.10. The van der Waals surface area contributed by atoms with E-state index in [0.29, 0.717) is 32.8 Å². The first kappa shape index (κ1) is 15.7. The predicted molar refractivity (Wildman–Crippen MR) is 83.3 cm³/mol. The van der Waals surface area contributed by atoms with E-state index in [9.17, 15) is 4.39 Å². The van der Waals surface area contributed by atoms with E-state index in [4.69, 9.17) is 32.7 Å². The van der Waals surface area contributed by atoms with Crippen LogP contribution < -0.4 is 14.8 Å². The summed E-state index contributed by atoms with van der Waals surface area (Å²) in [6, 6.07) is 7.89. The Hall–Kier alpha value is -1.65. The van der Waals surface area contributed by atoms with Crippen molar-refractivity contribution in [3.05, 3.63) is 51.8 Å². The van der Waals surface area contributed by atoms with Crippen molar-refractivity contribution in [2.45, 2.75) is 6.54 Å². The lowest BCUT2D eigenvalue weighted by atomic mass is 10.2. The SMILES string of the molecule is COc1cc(NCc2ccc(Cl)cc2F)c(OC)cc1Cl. The molecular formula is C15H14Cl2FNO2. The molecular weight excluding hydrogens is 316 g/mol. The van der Waals surface area contributed by atoms with Crippen LogP contribution in [-0.4, -0.2) is 14.2 Å². The molecule has 0 bridgehead atoms. The van der Waals surface area contributed by atoms with E-state index in [1.807, 2.05) is 0 Å². The number of rotatable bonds is 5. The van der Waals surface area contributed by atoms with Gasteiger partial charge in [0.25, 0.3) is 0 Å². The zero-order valence-corrected chi connectivity index (χ0v) is 13.1. The van der Waals surface area contributed by atoms with Crippen LogP contribution >= 0.6 is 23.2 Å². The Morgan fingerprint density at radius 1 is 1.05 bits per heavy atom. The molecule has 0 heterocycles. The first-order valence-electron chi connectivity index (χ1n) is 6.14. The van der Waals surface area contributed by atoms with E-state index in [2.05, 4.69) is 5.32 Å². The van der Waals surface area contributed by atoms with Gasteiger partial charge in [-0.2, -0.15) is 0 Å². The van der Waals surface area contributed by atoms with Gasteiger partial charge in [-0.05, 0) is 12.1 Å². The average Bonchev–Trinajstić information content (AvgIpc) is 2.47. The lowest BCUT2D eigenvalue weighted by molar-refractivity contribution is 0.404. The zero-order chi connectivity index (χ0) is 15.4. The van der Waals surface area contributed by atoms with Gasteiger partial charge in [0.05, 0.1) is 24.9 Å². The van der Waals surface area contributed by atoms with Gasteiger partial charge in [-0.15, -0.1) is 0 Å². The number of methoxy groups -OCH3 is 2. The summed E-state index contributed by atoms with van der Waals surface area (Å²) in [5.41, 5.74) is 1.16. The summed E-state index contributed by atoms with van der Waals surface area (Å²) in [7, 11) is 3.06. The zero-order valence-electron chi connectivity index (χ0n) is 11.5. The lowest BCUT2D eigenvalue weighted by Gasteiger charge is -2.14. The van der Waals surface area contributed by atoms with Crippen LogP contribution in [0.2, 0.25) is 10.0 Å². The van der Waals surface area contributed by atoms with Crippen LogP contribution in [-0.2, 0) is 6.54 Å². The van der Waals surface area contributed by atoms with Crippen LogP contribution in [0.15, 0.2) is 30.3 Å². The fourth-order valence-electron chi connectivity index (χ4n) is 1.85. The molecule has 3 nitrogen and oxygen atoms in total. The second-order valence-electron chi connectivity index (χ2n) is 4.28. The third-order valence-electron chi connectivity index (χ3n) is 2.96. The molecule has 0 amide bonds. The second-order valence-corrected chi connectivity index (χ2v) is 5.12. The number of ether oxygens (including phenoxy) is 2. The van der Waals surface area contributed by atoms with Gasteiger partial charge in [-0.1, -0.05) is 29.3 Å². The number of halogens is 3. The van der Waals surface area contributed by atoms with E-state index in [1.165, 1.54) is 20.3 Å². The summed E-state index contributed by atoms with van der Waals surface area (Å²) in [6.07, 6.45) is 0. The molecule has 6 heteroatoms. The number of nitrogens with one attached hydrogen (secondary N) is 1. The third-order valence-corrected chi connectivity index (χ3v) is 3.49. The van der Waals surface area contributed by atoms with Crippen molar-refractivity contribution in [2.24, 2.45) is 0 Å². The Morgan fingerprint density at radius 2 is 1.76 bits per heavy atom. The van der Waals surface area contributed by atoms with Gasteiger partial charge in [-0.25, -0.2) is 4.39 Å². The minimum absolute atomic E-state index is 0.282. The molecule has 2 aromatic rings. The van der Waals surface area contributed by atoms with E-state index in [-0.39, 0.29) is 12.4 Å². The van der Waals surface area contributed by atoms with Gasteiger partial charge in [0.2, 0.25) is 0 Å². The predicted octanol–water partition coefficient (Wildman–Crippen LogP) is 4.76. The molecule has 0 fully saturated rings. The van der Waals surface area contributed by atoms with Crippen LogP contribution in [0.1, 0.15) is 5.56 Å². The molecule has 2 rings (SSSR count). The minimum atomic E-state index is -0.366. The number of benzene rings is 2. The highest BCUT2D eigenvalue weighted by Crippen LogP contribution is 2.36. The molecule has 0 radical (unpaired) electrons. The Labute approximate surface area is 132 Å². The van der Waals surface area contributed by atoms with Gasteiger partial charge in [0.1, 0.15) is 17.3 Å². The molecule has 112 valence electrons. The summed E-state index contributed by atoms with van der Waals surface area (Å²) in [5.74, 6) is 0.696. The molecule has 0 aliphatic carbocycles. The molecule has 0 aliphatic rings. The third kappa shape index (κ3) is 3.71. The van der Waals surface area contributed by atoms with E-state index >= 15 is 0 Å². The van der Waals surface area contributed by atoms with Gasteiger partial charge < -0.3 is 14.8 Å². The van der Waals surface area contributed by atoms with Crippen molar-refractivity contribution >= 4 is 28.9 Å². The highest BCUT2D eigenvalue weighted by molar-refractivity contribution is 6.32. The van der Waals surface area contributed by atoms with Crippen LogP contribution in [0, 0.1) is 5.82 Å². The maximum atomic E-state index is 13.7. The summed E-state index contributed by atoms with van der Waals surface area (Å²) in [4.78, 5) is 0. The summed E-state index contributed by atoms with van der Waals surface area (Å²) >= 11 is 11.8. The Bertz CT molecular complexity index is 650. The van der Waals surface area contributed by atoms with E-state index < -0.39 is 0 Å². The van der Waals surface area contributed by atoms with Gasteiger partial charge in [0.15, 0.2) is 0 Å². The minimum Gasteiger partial charge on any atom is -0.495 e. The van der Waals surface area contributed by atoms with Gasteiger partial charge in [0, 0.05) is 29.3 Å². The van der Waals surface area contributed by atoms with E-state index in [1.54, 1.807) is 24.3 Å². The van der Waals surface area contributed by atoms with Crippen LogP contribution in [0.25, 0.3) is 0 Å². The fourth-order valence-corrected chi connectivity index (χ4v) is 2.24. The summed E-state index contributed by atoms with van der Waals surface area (Å²) < 4.78 is 24.1. The quantitative estimate of drug-likeness (QED) is 0.857. The molecule has 0 spiro atoms. The molecule has 0 aliphatic heterocycles. The Balaban J connectivity index is 2.22. The van der Waals surface area contributed by atoms with Crippen LogP contribution in [0.5, 0.6) is 11.5 Å². The smallest absolute Gasteiger partial charge is 0.143 e. The Morgan fingerprint density at radius 3 is 2.38 bits per heavy atom. The van der Waals surface area contributed by atoms with Crippen molar-refractivity contribution in [1.29, 1.82) is 0 Å². The van der Waals surface area contributed by atoms with E-state index in [0.717, 1.165) is 0 Å². The van der Waals surface area contributed by atoms with Crippen LogP contribution in [0.4, 0.5) is 10.1 Å². The fraction of sp³-hybridized carbons (Fsp3) is 0.200. The van der Waals surface area contributed by atoms with Crippen molar-refractivity contribution in [2.75, 3.05) is 19.5 Å². The molecule has 2 aromatic carbocycles. The molecule has 0 aromatic heterocycles. The monoisotopic (exact) mass is 329 g/mol. The average molecular weight is 330 g/mol. The lowest BCUT2D eigenvalue weighted by Crippen LogP contribution is -2.04. The highest BCUT2D eigenvalue weighted by atomic mass is 35.5. The maximum absolute atomic E-state index is 13.7. The first-order chi connectivity index (χ1) is 10.0. The van der Waals surface area contributed by atoms with Crippen molar-refractivity contribution in [1.82, 2.24) is 0 Å².